The van der Waals surface area contributed by atoms with Gasteiger partial charge in [0.15, 0.2) is 5.82 Å². The summed E-state index contributed by atoms with van der Waals surface area (Å²) < 4.78 is 4.12. The van der Waals surface area contributed by atoms with E-state index in [1.54, 1.807) is 31.2 Å². The Balaban J connectivity index is 2.16. The van der Waals surface area contributed by atoms with E-state index < -0.39 is 0 Å². The van der Waals surface area contributed by atoms with E-state index >= 15 is 0 Å². The van der Waals surface area contributed by atoms with Crippen LogP contribution in [0.25, 0.3) is 15.6 Å². The van der Waals surface area contributed by atoms with Crippen molar-refractivity contribution >= 4 is 51.1 Å². The number of amides is 1. The van der Waals surface area contributed by atoms with Gasteiger partial charge in [-0.25, -0.2) is 4.85 Å². The van der Waals surface area contributed by atoms with Crippen LogP contribution in [-0.2, 0) is 4.79 Å². The highest BCUT2D eigenvalue weighted by atomic mass is 32.1. The fourth-order valence-electron chi connectivity index (χ4n) is 2.40. The Hall–Kier alpha value is -3.31. The Labute approximate surface area is 147 Å². The van der Waals surface area contributed by atoms with Crippen molar-refractivity contribution < 1.29 is 9.90 Å². The van der Waals surface area contributed by atoms with Gasteiger partial charge in [0.2, 0.25) is 11.6 Å². The maximum Gasteiger partial charge on any atom is 0.247 e. The molecule has 1 aromatic heterocycles. The van der Waals surface area contributed by atoms with Gasteiger partial charge >= 0.3 is 0 Å². The second-order valence-corrected chi connectivity index (χ2v) is 6.21. The van der Waals surface area contributed by atoms with Crippen LogP contribution in [0.4, 0.5) is 22.9 Å². The lowest BCUT2D eigenvalue weighted by atomic mass is 10.1. The van der Waals surface area contributed by atoms with Crippen LogP contribution >= 0.6 is 11.5 Å². The highest BCUT2D eigenvalue weighted by molar-refractivity contribution is 7.06. The largest absolute Gasteiger partial charge is 0.507 e. The molecule has 0 atom stereocenters. The normalized spacial score (nSPS) is 10.9. The summed E-state index contributed by atoms with van der Waals surface area (Å²) in [6, 6.07) is 8.29. The molecule has 8 heteroatoms. The zero-order chi connectivity index (χ0) is 18.0. The molecule has 0 aliphatic rings. The number of aromatic hydroxyl groups is 1. The van der Waals surface area contributed by atoms with E-state index in [0.29, 0.717) is 27.8 Å². The van der Waals surface area contributed by atoms with Crippen LogP contribution in [0.3, 0.4) is 0 Å². The molecule has 0 aliphatic heterocycles. The van der Waals surface area contributed by atoms with Crippen LogP contribution in [0.15, 0.2) is 40.6 Å². The van der Waals surface area contributed by atoms with Gasteiger partial charge in [0.05, 0.1) is 17.9 Å². The SMILES string of the molecule is [C-]#[N+]c1c(N=Nc2ccc(O)c3cccc(NC(C)=O)c23)nsc1C. The van der Waals surface area contributed by atoms with Crippen molar-refractivity contribution in [2.45, 2.75) is 13.8 Å². The Morgan fingerprint density at radius 1 is 1.32 bits per heavy atom. The van der Waals surface area contributed by atoms with Gasteiger partial charge in [-0.2, -0.15) is 4.37 Å². The number of aryl methyl sites for hydroxylation is 1. The molecule has 2 aromatic carbocycles. The molecule has 1 amide bonds. The molecule has 0 saturated heterocycles. The van der Waals surface area contributed by atoms with Gasteiger partial charge in [0, 0.05) is 22.6 Å². The predicted octanol–water partition coefficient (Wildman–Crippen LogP) is 5.23. The molecule has 2 N–H and O–H groups in total. The monoisotopic (exact) mass is 351 g/mol. The van der Waals surface area contributed by atoms with Crippen LogP contribution in [0.5, 0.6) is 5.75 Å². The summed E-state index contributed by atoms with van der Waals surface area (Å²) in [6.07, 6.45) is 0. The Bertz CT molecular complexity index is 1050. The number of rotatable bonds is 3. The maximum absolute atomic E-state index is 11.4. The van der Waals surface area contributed by atoms with Crippen molar-refractivity contribution in [2.75, 3.05) is 5.32 Å². The van der Waals surface area contributed by atoms with Crippen LogP contribution in [0.2, 0.25) is 0 Å². The molecule has 0 unspecified atom stereocenters. The topological polar surface area (TPSA) is 91.3 Å². The van der Waals surface area contributed by atoms with Crippen LogP contribution in [0, 0.1) is 13.5 Å². The number of hydrogen-bond donors (Lipinski definition) is 2. The van der Waals surface area contributed by atoms with E-state index in [1.807, 2.05) is 0 Å². The van der Waals surface area contributed by atoms with E-state index in [1.165, 1.54) is 24.5 Å². The van der Waals surface area contributed by atoms with Crippen molar-refractivity contribution in [2.24, 2.45) is 10.2 Å². The van der Waals surface area contributed by atoms with E-state index in [9.17, 15) is 9.90 Å². The second-order valence-electron chi connectivity index (χ2n) is 5.24. The molecule has 0 saturated carbocycles. The summed E-state index contributed by atoms with van der Waals surface area (Å²) in [6.45, 7) is 10.4. The van der Waals surface area contributed by atoms with Crippen molar-refractivity contribution in [3.8, 4) is 5.75 Å². The number of phenolic OH excluding ortho intramolecular Hbond substituents is 1. The van der Waals surface area contributed by atoms with Crippen molar-refractivity contribution in [3.05, 3.63) is 46.6 Å². The number of hydrogen-bond acceptors (Lipinski definition) is 6. The summed E-state index contributed by atoms with van der Waals surface area (Å²) in [4.78, 5) is 15.6. The highest BCUT2D eigenvalue weighted by Gasteiger charge is 2.13. The van der Waals surface area contributed by atoms with Crippen molar-refractivity contribution in [3.63, 3.8) is 0 Å². The smallest absolute Gasteiger partial charge is 0.247 e. The summed E-state index contributed by atoms with van der Waals surface area (Å²) in [5.74, 6) is 0.104. The molecule has 0 aliphatic carbocycles. The first kappa shape index (κ1) is 16.5. The lowest BCUT2D eigenvalue weighted by Crippen LogP contribution is -2.06. The number of aromatic nitrogens is 1. The van der Waals surface area contributed by atoms with E-state index in [0.717, 1.165) is 4.88 Å². The first-order valence-electron chi connectivity index (χ1n) is 7.29. The molecule has 0 radical (unpaired) electrons. The summed E-state index contributed by atoms with van der Waals surface area (Å²) in [5.41, 5.74) is 1.35. The van der Waals surface area contributed by atoms with E-state index in [-0.39, 0.29) is 17.5 Å². The first-order chi connectivity index (χ1) is 12.0. The number of nitrogens with zero attached hydrogens (tertiary/aromatic N) is 4. The number of fused-ring (bicyclic) bond motifs is 1. The number of benzene rings is 2. The maximum atomic E-state index is 11.4. The van der Waals surface area contributed by atoms with Crippen LogP contribution in [0.1, 0.15) is 11.8 Å². The Morgan fingerprint density at radius 2 is 2.12 bits per heavy atom. The fourth-order valence-corrected chi connectivity index (χ4v) is 2.97. The van der Waals surface area contributed by atoms with Gasteiger partial charge in [-0.1, -0.05) is 23.7 Å². The molecule has 3 aromatic rings. The van der Waals surface area contributed by atoms with Crippen LogP contribution < -0.4 is 5.32 Å². The molecule has 124 valence electrons. The minimum atomic E-state index is -0.232. The van der Waals surface area contributed by atoms with E-state index in [2.05, 4.69) is 24.8 Å². The molecular formula is C17H13N5O2S. The van der Waals surface area contributed by atoms with Gasteiger partial charge in [-0.05, 0) is 25.1 Å². The van der Waals surface area contributed by atoms with E-state index in [4.69, 9.17) is 6.57 Å². The number of azo groups is 1. The number of anilines is 1. The Morgan fingerprint density at radius 3 is 2.84 bits per heavy atom. The fraction of sp³-hybridized carbons (Fsp3) is 0.118. The van der Waals surface area contributed by atoms with Crippen molar-refractivity contribution in [1.29, 1.82) is 0 Å². The van der Waals surface area contributed by atoms with Gasteiger partial charge in [-0.3, -0.25) is 4.79 Å². The van der Waals surface area contributed by atoms with Gasteiger partial charge < -0.3 is 10.4 Å². The number of carbonyl (C=O) groups excluding carboxylic acids is 1. The third-order valence-electron chi connectivity index (χ3n) is 3.48. The second kappa shape index (κ2) is 6.67. The van der Waals surface area contributed by atoms with Crippen LogP contribution in [-0.4, -0.2) is 15.4 Å². The number of phenols is 1. The number of carbonyl (C=O) groups is 1. The van der Waals surface area contributed by atoms with Gasteiger partial charge in [0.25, 0.3) is 0 Å². The molecule has 0 bridgehead atoms. The zero-order valence-electron chi connectivity index (χ0n) is 13.4. The summed E-state index contributed by atoms with van der Waals surface area (Å²) >= 11 is 1.19. The Kier molecular flexibility index (Phi) is 4.41. The predicted molar refractivity (Wildman–Crippen MR) is 97.2 cm³/mol. The zero-order valence-corrected chi connectivity index (χ0v) is 14.3. The molecule has 7 nitrogen and oxygen atoms in total. The first-order valence-corrected chi connectivity index (χ1v) is 8.06. The molecule has 3 rings (SSSR count). The minimum absolute atomic E-state index is 0.0764. The summed E-state index contributed by atoms with van der Waals surface area (Å²) in [5, 5.41) is 22.2. The number of nitrogens with one attached hydrogen (secondary N) is 1. The third kappa shape index (κ3) is 3.18. The van der Waals surface area contributed by atoms with Crippen molar-refractivity contribution in [1.82, 2.24) is 4.37 Å². The lowest BCUT2D eigenvalue weighted by Gasteiger charge is -2.10. The molecule has 25 heavy (non-hydrogen) atoms. The molecular weight excluding hydrogens is 338 g/mol. The quantitative estimate of drug-likeness (QED) is 0.499. The standard InChI is InChI=1S/C17H13N5O2S/c1-9-16(18-3)17(22-25-9)21-20-13-7-8-14(24)11-5-4-6-12(15(11)13)19-10(2)23/h4-8,24H,1-2H3,(H,19,23). The minimum Gasteiger partial charge on any atom is -0.507 e. The average Bonchev–Trinajstić information content (AvgIpc) is 2.94. The molecule has 0 spiro atoms. The summed E-state index contributed by atoms with van der Waals surface area (Å²) in [7, 11) is 0. The average molecular weight is 351 g/mol. The van der Waals surface area contributed by atoms with Gasteiger partial charge in [0.1, 0.15) is 5.75 Å². The molecule has 0 fully saturated rings. The third-order valence-corrected chi connectivity index (χ3v) is 4.22. The highest BCUT2D eigenvalue weighted by Crippen LogP contribution is 2.39. The molecule has 1 heterocycles. The van der Waals surface area contributed by atoms with Gasteiger partial charge in [-0.15, -0.1) is 10.2 Å². The lowest BCUT2D eigenvalue weighted by molar-refractivity contribution is -0.114.